The number of nitro groups is 2. The van der Waals surface area contributed by atoms with E-state index in [1.807, 2.05) is 138 Å². The Balaban J connectivity index is 0.000000158. The number of nitriles is 2. The quantitative estimate of drug-likeness (QED) is 0.0105. The summed E-state index contributed by atoms with van der Waals surface area (Å²) < 4.78 is 22.6. The third-order valence-electron chi connectivity index (χ3n) is 19.4. The first-order valence-electron chi connectivity index (χ1n) is 41.4. The Bertz CT molecular complexity index is 6120. The van der Waals surface area contributed by atoms with Gasteiger partial charge in [0.05, 0.1) is 92.5 Å². The van der Waals surface area contributed by atoms with E-state index in [-0.39, 0.29) is 28.8 Å². The molecule has 16 rings (SSSR count). The Hall–Kier alpha value is -15.0. The SMILES string of the molecule is CCCCNc1ccnc(Cl)c1N.CCCCNc1ccncc1[N+](=O)[O-].CCCCn1c(-c2nonc2N)nc2c(-c3ccccc3)nccc21.CCCCn1c(CC#N)nc2c(-c3ccccc3)nccc21.CCCCn1c(CC#N)nc2c(Cl)nccc21.COc1ccncc1[N+](=O)[O-].NCCCn1c(-c2nonc2N)nc2c(-c3ccccc3)nccc21. The van der Waals surface area contributed by atoms with Crippen molar-refractivity contribution in [2.24, 2.45) is 5.73 Å². The van der Waals surface area contributed by atoms with Gasteiger partial charge in [0, 0.05) is 105 Å². The Kier molecular flexibility index (Phi) is 36.2. The van der Waals surface area contributed by atoms with Gasteiger partial charge in [-0.05, 0) is 102 Å². The molecule has 0 fully saturated rings. The predicted molar refractivity (Wildman–Crippen MR) is 493 cm³/mol. The molecule has 0 atom stereocenters. The van der Waals surface area contributed by atoms with Gasteiger partial charge in [-0.1, -0.05) is 181 Å². The molecular weight excluding hydrogens is 1660 g/mol. The number of pyridine rings is 7. The van der Waals surface area contributed by atoms with E-state index in [4.69, 9.17) is 85.6 Å². The van der Waals surface area contributed by atoms with Crippen molar-refractivity contribution < 1.29 is 23.8 Å². The zero-order valence-electron chi connectivity index (χ0n) is 71.2. The van der Waals surface area contributed by atoms with Crippen molar-refractivity contribution in [2.45, 2.75) is 144 Å². The number of aromatic nitrogens is 19. The van der Waals surface area contributed by atoms with Gasteiger partial charge in [0.25, 0.3) is 0 Å². The molecule has 36 nitrogen and oxygen atoms in total. The van der Waals surface area contributed by atoms with Crippen molar-refractivity contribution in [2.75, 3.05) is 54.6 Å². The highest BCUT2D eigenvalue weighted by molar-refractivity contribution is 6.33. The lowest BCUT2D eigenvalue weighted by Crippen LogP contribution is -2.07. The maximum atomic E-state index is 10.6. The van der Waals surface area contributed by atoms with Gasteiger partial charge in [-0.25, -0.2) is 39.2 Å². The lowest BCUT2D eigenvalue weighted by Gasteiger charge is -2.08. The molecule has 0 spiro atoms. The number of nitrogens with two attached hydrogens (primary N) is 4. The van der Waals surface area contributed by atoms with Crippen molar-refractivity contribution in [1.29, 1.82) is 10.5 Å². The van der Waals surface area contributed by atoms with Gasteiger partial charge in [0.1, 0.15) is 51.8 Å². The van der Waals surface area contributed by atoms with E-state index in [0.717, 1.165) is 199 Å². The van der Waals surface area contributed by atoms with Crippen LogP contribution in [-0.4, -0.2) is 130 Å². The molecule has 0 radical (unpaired) electrons. The molecule has 16 aromatic rings. The van der Waals surface area contributed by atoms with Gasteiger partial charge in [-0.3, -0.25) is 45.1 Å². The summed E-state index contributed by atoms with van der Waals surface area (Å²) in [5.41, 5.74) is 38.7. The van der Waals surface area contributed by atoms with Gasteiger partial charge >= 0.3 is 11.4 Å². The molecule has 38 heteroatoms. The molecule has 0 amide bonds. The number of ether oxygens (including phenoxy) is 1. The summed E-state index contributed by atoms with van der Waals surface area (Å²) in [6, 6.07) is 47.0. The number of hydrogen-bond donors (Lipinski definition) is 6. The Morgan fingerprint density at radius 3 is 1.24 bits per heavy atom. The number of nitrogens with zero attached hydrogens (tertiary/aromatic N) is 23. The number of hydrogen-bond acceptors (Lipinski definition) is 30. The number of imidazole rings is 4. The van der Waals surface area contributed by atoms with E-state index < -0.39 is 9.85 Å². The minimum atomic E-state index is -0.536. The standard InChI is InChI=1S/C18H18N6O.C18H18N4.C17H17N7O.C12H13ClN4.C9H14ClN3.C9H13N3O2.C6H6N2O3/c1-2-3-11-24-13-9-10-20-14(12-7-5-4-6-8-12)15(13)21-18(24)16-17(19)23-25-22-16;1-2-3-13-22-15-10-12-20-17(14-7-5-4-6-8-14)18(15)21-16(22)9-11-19;18-8-4-10-24-12-7-9-20-13(11-5-2-1-3-6-11)14(12)21-17(24)15-16(19)23-25-22-15;1-2-3-8-17-9-5-7-15-12(13)11(9)16-10(17)4-6-14;1-2-3-5-12-7-4-6-13-9(10)8(7)11;1-2-3-5-11-8-4-6-10-7-9(8)12(13)14;1-11-6-2-3-7-4-5(6)8(9)10/h4-10H,2-3,11H2,1H3,(H2,19,23);4-8,10,12H,2-3,9,13H2,1H3;1-3,5-7,9H,4,8,10,18H2,(H2,19,23);5,7H,2-4,8H2,1H3;4,6H,2-3,5,11H2,1H3,(H,12,13);4,6-7H,2-3,5H2,1H3,(H,10,11);2-4H,1H3. The van der Waals surface area contributed by atoms with Crippen molar-refractivity contribution in [1.82, 2.24) is 93.7 Å². The van der Waals surface area contributed by atoms with Crippen molar-refractivity contribution in [3.05, 3.63) is 231 Å². The van der Waals surface area contributed by atoms with Crippen LogP contribution in [0.5, 0.6) is 5.75 Å². The fourth-order valence-electron chi connectivity index (χ4n) is 13.1. The van der Waals surface area contributed by atoms with E-state index in [0.29, 0.717) is 76.2 Å². The molecule has 656 valence electrons. The first kappa shape index (κ1) is 94.2. The van der Waals surface area contributed by atoms with Crippen LogP contribution in [0.3, 0.4) is 0 Å². The van der Waals surface area contributed by atoms with Gasteiger partial charge < -0.3 is 56.6 Å². The summed E-state index contributed by atoms with van der Waals surface area (Å²) in [5.74, 6) is 3.53. The number of fused-ring (bicyclic) bond motifs is 4. The largest absolute Gasteiger partial charge is 0.490 e. The maximum Gasteiger partial charge on any atom is 0.328 e. The third kappa shape index (κ3) is 24.7. The second kappa shape index (κ2) is 48.7. The van der Waals surface area contributed by atoms with Crippen molar-refractivity contribution >= 4 is 107 Å². The maximum absolute atomic E-state index is 10.6. The number of unbranched alkanes of at least 4 members (excludes halogenated alkanes) is 5. The van der Waals surface area contributed by atoms with Gasteiger partial charge in [0.2, 0.25) is 0 Å². The molecule has 13 heterocycles. The lowest BCUT2D eigenvalue weighted by atomic mass is 10.1. The van der Waals surface area contributed by atoms with Crippen LogP contribution >= 0.6 is 23.2 Å². The number of halogens is 2. The minimum Gasteiger partial charge on any atom is -0.490 e. The summed E-state index contributed by atoms with van der Waals surface area (Å²) >= 11 is 11.8. The van der Waals surface area contributed by atoms with Crippen LogP contribution in [0.4, 0.5) is 40.1 Å². The van der Waals surface area contributed by atoms with Crippen molar-refractivity contribution in [3.8, 4) is 74.7 Å². The molecule has 0 bridgehead atoms. The van der Waals surface area contributed by atoms with Gasteiger partial charge in [-0.2, -0.15) is 10.5 Å². The third-order valence-corrected chi connectivity index (χ3v) is 20.0. The monoisotopic (exact) mass is 1760 g/mol. The summed E-state index contributed by atoms with van der Waals surface area (Å²) in [6.07, 6.45) is 26.3. The topological polar surface area (TPSA) is 511 Å². The Morgan fingerprint density at radius 1 is 0.441 bits per heavy atom. The second-order valence-electron chi connectivity index (χ2n) is 28.1. The summed E-state index contributed by atoms with van der Waals surface area (Å²) in [6.45, 7) is 16.2. The zero-order valence-corrected chi connectivity index (χ0v) is 72.8. The van der Waals surface area contributed by atoms with E-state index in [1.165, 1.54) is 25.6 Å². The van der Waals surface area contributed by atoms with Crippen LogP contribution in [0, 0.1) is 42.9 Å². The Labute approximate surface area is 742 Å². The fraction of sp³-hybridized carbons (Fsp3) is 0.292. The first-order valence-corrected chi connectivity index (χ1v) is 42.1. The molecule has 0 saturated carbocycles. The van der Waals surface area contributed by atoms with Crippen LogP contribution in [0.25, 0.3) is 101 Å². The predicted octanol–water partition coefficient (Wildman–Crippen LogP) is 18.3. The molecule has 10 N–H and O–H groups in total. The molecular formula is C89H99Cl2N29O7. The molecule has 0 aliphatic carbocycles. The summed E-state index contributed by atoms with van der Waals surface area (Å²) in [5, 5.41) is 60.9. The second-order valence-corrected chi connectivity index (χ2v) is 28.8. The lowest BCUT2D eigenvalue weighted by molar-refractivity contribution is -0.386. The molecule has 13 aromatic heterocycles. The highest BCUT2D eigenvalue weighted by atomic mass is 35.5. The number of rotatable bonds is 30. The van der Waals surface area contributed by atoms with Crippen LogP contribution < -0.4 is 38.3 Å². The van der Waals surface area contributed by atoms with E-state index in [1.54, 1.807) is 30.9 Å². The molecule has 127 heavy (non-hydrogen) atoms. The first-order chi connectivity index (χ1) is 62.0. The average molecular weight is 1760 g/mol. The number of nitrogen functional groups attached to an aromatic ring is 3. The number of anilines is 5. The number of methoxy groups -OCH3 is 1. The van der Waals surface area contributed by atoms with Crippen LogP contribution in [0.1, 0.15) is 117 Å². The van der Waals surface area contributed by atoms with Gasteiger partial charge in [0.15, 0.2) is 50.7 Å². The highest BCUT2D eigenvalue weighted by Crippen LogP contribution is 2.36. The molecule has 0 saturated heterocycles. The van der Waals surface area contributed by atoms with Crippen LogP contribution in [-0.2, 0) is 39.0 Å². The smallest absolute Gasteiger partial charge is 0.328 e. The van der Waals surface area contributed by atoms with E-state index in [2.05, 4.69) is 132 Å². The van der Waals surface area contributed by atoms with E-state index >= 15 is 0 Å². The number of benzene rings is 3. The summed E-state index contributed by atoms with van der Waals surface area (Å²) in [7, 11) is 1.38. The normalized spacial score (nSPS) is 10.6. The molecule has 3 aromatic carbocycles. The Morgan fingerprint density at radius 2 is 0.819 bits per heavy atom. The molecule has 0 unspecified atom stereocenters. The van der Waals surface area contributed by atoms with Gasteiger partial charge in [-0.15, -0.1) is 0 Å². The van der Waals surface area contributed by atoms with Crippen LogP contribution in [0.2, 0.25) is 10.3 Å². The number of nitrogens with one attached hydrogen (secondary N) is 2. The van der Waals surface area contributed by atoms with Crippen molar-refractivity contribution in [3.63, 3.8) is 0 Å². The van der Waals surface area contributed by atoms with E-state index in [9.17, 15) is 20.2 Å². The molecule has 0 aliphatic rings. The minimum absolute atomic E-state index is 0.0311. The number of aryl methyl sites for hydroxylation is 4. The highest BCUT2D eigenvalue weighted by Gasteiger charge is 2.25. The average Bonchev–Trinajstić information content (AvgIpc) is 1.61. The van der Waals surface area contributed by atoms with Crippen LogP contribution in [0.15, 0.2) is 198 Å². The molecule has 0 aliphatic heterocycles. The fourth-order valence-corrected chi connectivity index (χ4v) is 13.4. The summed E-state index contributed by atoms with van der Waals surface area (Å²) in [4.78, 5) is 67.3. The zero-order chi connectivity index (χ0) is 90.4.